The van der Waals surface area contributed by atoms with Crippen molar-refractivity contribution in [2.75, 3.05) is 21.3 Å². The predicted octanol–water partition coefficient (Wildman–Crippen LogP) is 2.01. The molecule has 1 fully saturated rings. The van der Waals surface area contributed by atoms with E-state index in [1.54, 1.807) is 14.2 Å². The third-order valence-corrected chi connectivity index (χ3v) is 4.14. The molecule has 1 aliphatic carbocycles. The van der Waals surface area contributed by atoms with Crippen LogP contribution in [0, 0.1) is 12.8 Å². The second kappa shape index (κ2) is 5.80. The summed E-state index contributed by atoms with van der Waals surface area (Å²) < 4.78 is 10.9. The fourth-order valence-corrected chi connectivity index (χ4v) is 3.06. The van der Waals surface area contributed by atoms with Gasteiger partial charge in [-0.05, 0) is 38.8 Å². The number of benzene rings is 1. The molecule has 106 valence electrons. The van der Waals surface area contributed by atoms with Gasteiger partial charge in [0.15, 0.2) is 0 Å². The van der Waals surface area contributed by atoms with E-state index in [9.17, 15) is 0 Å². The summed E-state index contributed by atoms with van der Waals surface area (Å²) in [5.74, 6) is 2.36. The van der Waals surface area contributed by atoms with Crippen molar-refractivity contribution in [2.24, 2.45) is 11.7 Å². The molecule has 1 atom stereocenters. The van der Waals surface area contributed by atoms with Crippen LogP contribution >= 0.6 is 0 Å². The summed E-state index contributed by atoms with van der Waals surface area (Å²) in [6.07, 6.45) is 2.14. The van der Waals surface area contributed by atoms with Gasteiger partial charge < -0.3 is 20.5 Å². The Morgan fingerprint density at radius 2 is 1.95 bits per heavy atom. The summed E-state index contributed by atoms with van der Waals surface area (Å²) in [6, 6.07) is 4.75. The van der Waals surface area contributed by atoms with Crippen LogP contribution in [0.3, 0.4) is 0 Å². The Morgan fingerprint density at radius 3 is 2.42 bits per heavy atom. The molecule has 1 aliphatic rings. The Morgan fingerprint density at radius 1 is 1.26 bits per heavy atom. The highest BCUT2D eigenvalue weighted by Gasteiger charge is 2.34. The number of rotatable bonds is 5. The lowest BCUT2D eigenvalue weighted by molar-refractivity contribution is 0.201. The molecule has 2 rings (SSSR count). The third-order valence-electron chi connectivity index (χ3n) is 4.14. The van der Waals surface area contributed by atoms with Gasteiger partial charge in [0.25, 0.3) is 0 Å². The van der Waals surface area contributed by atoms with E-state index in [1.807, 2.05) is 20.0 Å². The summed E-state index contributed by atoms with van der Waals surface area (Å²) in [5.41, 5.74) is 8.15. The number of hydrogen-bond donors (Lipinski definition) is 2. The van der Waals surface area contributed by atoms with E-state index in [-0.39, 0.29) is 0 Å². The van der Waals surface area contributed by atoms with Crippen LogP contribution in [0.2, 0.25) is 0 Å². The van der Waals surface area contributed by atoms with Crippen molar-refractivity contribution in [2.45, 2.75) is 31.8 Å². The van der Waals surface area contributed by atoms with E-state index in [1.165, 1.54) is 5.56 Å². The summed E-state index contributed by atoms with van der Waals surface area (Å²) in [5, 5.41) is 3.40. The molecule has 1 aromatic rings. The van der Waals surface area contributed by atoms with Gasteiger partial charge in [0.05, 0.1) is 14.2 Å². The van der Waals surface area contributed by atoms with Crippen molar-refractivity contribution < 1.29 is 9.47 Å². The maximum atomic E-state index is 5.91. The summed E-state index contributed by atoms with van der Waals surface area (Å²) in [7, 11) is 5.39. The van der Waals surface area contributed by atoms with E-state index in [0.717, 1.165) is 29.9 Å². The molecule has 0 spiro atoms. The van der Waals surface area contributed by atoms with Gasteiger partial charge in [0.2, 0.25) is 0 Å². The van der Waals surface area contributed by atoms with Crippen molar-refractivity contribution in [1.82, 2.24) is 5.32 Å². The molecule has 0 amide bonds. The topological polar surface area (TPSA) is 56.5 Å². The fourth-order valence-electron chi connectivity index (χ4n) is 3.06. The third kappa shape index (κ3) is 2.55. The zero-order valence-corrected chi connectivity index (χ0v) is 12.2. The van der Waals surface area contributed by atoms with Crippen LogP contribution in [-0.2, 0) is 0 Å². The SMILES string of the molecule is CNC(c1ccc(OC)c(C)c1OC)C1CC(N)C1. The van der Waals surface area contributed by atoms with Crippen LogP contribution in [0.4, 0.5) is 0 Å². The second-order valence-corrected chi connectivity index (χ2v) is 5.27. The molecule has 1 saturated carbocycles. The molecule has 0 saturated heterocycles. The highest BCUT2D eigenvalue weighted by molar-refractivity contribution is 5.50. The average Bonchev–Trinajstić information content (AvgIpc) is 2.38. The first kappa shape index (κ1) is 14.2. The number of ether oxygens (including phenoxy) is 2. The van der Waals surface area contributed by atoms with E-state index in [2.05, 4.69) is 11.4 Å². The Bertz CT molecular complexity index is 442. The van der Waals surface area contributed by atoms with E-state index in [4.69, 9.17) is 15.2 Å². The monoisotopic (exact) mass is 264 g/mol. The molecule has 4 nitrogen and oxygen atoms in total. The maximum Gasteiger partial charge on any atom is 0.130 e. The van der Waals surface area contributed by atoms with Crippen LogP contribution in [0.5, 0.6) is 11.5 Å². The average molecular weight is 264 g/mol. The molecule has 0 aliphatic heterocycles. The molecule has 1 unspecified atom stereocenters. The van der Waals surface area contributed by atoms with Gasteiger partial charge in [-0.25, -0.2) is 0 Å². The molecule has 19 heavy (non-hydrogen) atoms. The van der Waals surface area contributed by atoms with Gasteiger partial charge in [-0.3, -0.25) is 0 Å². The van der Waals surface area contributed by atoms with Crippen molar-refractivity contribution in [3.8, 4) is 11.5 Å². The summed E-state index contributed by atoms with van der Waals surface area (Å²) >= 11 is 0. The molecular weight excluding hydrogens is 240 g/mol. The zero-order chi connectivity index (χ0) is 14.0. The summed E-state index contributed by atoms with van der Waals surface area (Å²) in [4.78, 5) is 0. The minimum Gasteiger partial charge on any atom is -0.496 e. The Hall–Kier alpha value is -1.26. The van der Waals surface area contributed by atoms with Gasteiger partial charge in [0, 0.05) is 23.2 Å². The van der Waals surface area contributed by atoms with Crippen LogP contribution < -0.4 is 20.5 Å². The summed E-state index contributed by atoms with van der Waals surface area (Å²) in [6.45, 7) is 2.03. The smallest absolute Gasteiger partial charge is 0.130 e. The highest BCUT2D eigenvalue weighted by atomic mass is 16.5. The first-order valence-corrected chi connectivity index (χ1v) is 6.76. The quantitative estimate of drug-likeness (QED) is 0.854. The van der Waals surface area contributed by atoms with Crippen LogP contribution in [0.1, 0.15) is 30.0 Å². The van der Waals surface area contributed by atoms with Crippen LogP contribution in [0.25, 0.3) is 0 Å². The van der Waals surface area contributed by atoms with Gasteiger partial charge >= 0.3 is 0 Å². The van der Waals surface area contributed by atoms with Crippen molar-refractivity contribution in [3.63, 3.8) is 0 Å². The van der Waals surface area contributed by atoms with Crippen molar-refractivity contribution >= 4 is 0 Å². The highest BCUT2D eigenvalue weighted by Crippen LogP contribution is 2.42. The number of nitrogens with one attached hydrogen (secondary N) is 1. The molecule has 0 bridgehead atoms. The lowest BCUT2D eigenvalue weighted by atomic mass is 9.73. The number of hydrogen-bond acceptors (Lipinski definition) is 4. The standard InChI is InChI=1S/C15H24N2O2/c1-9-13(18-3)6-5-12(15(9)19-4)14(17-2)10-7-11(16)8-10/h5-6,10-11,14,17H,7-8,16H2,1-4H3. The van der Waals surface area contributed by atoms with Gasteiger partial charge in [-0.2, -0.15) is 0 Å². The van der Waals surface area contributed by atoms with E-state index >= 15 is 0 Å². The van der Waals surface area contributed by atoms with Gasteiger partial charge in [-0.1, -0.05) is 6.07 Å². The minimum absolute atomic E-state index is 0.291. The number of nitrogens with two attached hydrogens (primary N) is 1. The van der Waals surface area contributed by atoms with E-state index in [0.29, 0.717) is 18.0 Å². The normalized spacial score (nSPS) is 23.6. The Labute approximate surface area is 115 Å². The predicted molar refractivity (Wildman–Crippen MR) is 76.8 cm³/mol. The Kier molecular flexibility index (Phi) is 4.32. The Balaban J connectivity index is 2.34. The molecular formula is C15H24N2O2. The molecule has 4 heteroatoms. The largest absolute Gasteiger partial charge is 0.496 e. The molecule has 0 aromatic heterocycles. The maximum absolute atomic E-state index is 5.91. The minimum atomic E-state index is 0.291. The van der Waals surface area contributed by atoms with Crippen molar-refractivity contribution in [3.05, 3.63) is 23.3 Å². The van der Waals surface area contributed by atoms with Gasteiger partial charge in [-0.15, -0.1) is 0 Å². The zero-order valence-electron chi connectivity index (χ0n) is 12.2. The second-order valence-electron chi connectivity index (χ2n) is 5.27. The molecule has 0 heterocycles. The fraction of sp³-hybridized carbons (Fsp3) is 0.600. The molecule has 1 aromatic carbocycles. The van der Waals surface area contributed by atoms with Crippen LogP contribution in [-0.4, -0.2) is 27.3 Å². The number of methoxy groups -OCH3 is 2. The lowest BCUT2D eigenvalue weighted by Crippen LogP contribution is -2.42. The first-order chi connectivity index (χ1) is 9.12. The lowest BCUT2D eigenvalue weighted by Gasteiger charge is -2.39. The molecule has 3 N–H and O–H groups in total. The van der Waals surface area contributed by atoms with E-state index < -0.39 is 0 Å². The van der Waals surface area contributed by atoms with Crippen LogP contribution in [0.15, 0.2) is 12.1 Å². The molecule has 0 radical (unpaired) electrons. The van der Waals surface area contributed by atoms with Crippen molar-refractivity contribution in [1.29, 1.82) is 0 Å². The first-order valence-electron chi connectivity index (χ1n) is 6.76. The van der Waals surface area contributed by atoms with Gasteiger partial charge in [0.1, 0.15) is 11.5 Å².